The lowest BCUT2D eigenvalue weighted by molar-refractivity contribution is 0.118. The summed E-state index contributed by atoms with van der Waals surface area (Å²) in [5, 5.41) is 26.3. The predicted octanol–water partition coefficient (Wildman–Crippen LogP) is 2.05. The molecule has 2 aromatic rings. The van der Waals surface area contributed by atoms with Crippen molar-refractivity contribution in [2.75, 3.05) is 36.4 Å². The molecule has 3 N–H and O–H groups in total. The summed E-state index contributed by atoms with van der Waals surface area (Å²) in [7, 11) is 0. The highest BCUT2D eigenvalue weighted by Crippen LogP contribution is 2.37. The number of piperazine rings is 1. The fourth-order valence-corrected chi connectivity index (χ4v) is 5.79. The van der Waals surface area contributed by atoms with Crippen molar-refractivity contribution in [3.8, 4) is 17.0 Å². The molecular formula is C22H28N6O. The molecule has 4 aliphatic rings. The highest BCUT2D eigenvalue weighted by Gasteiger charge is 2.40. The van der Waals surface area contributed by atoms with Gasteiger partial charge >= 0.3 is 0 Å². The van der Waals surface area contributed by atoms with Crippen LogP contribution in [0.1, 0.15) is 25.7 Å². The Morgan fingerprint density at radius 1 is 1.00 bits per heavy atom. The van der Waals surface area contributed by atoms with E-state index in [4.69, 9.17) is 0 Å². The van der Waals surface area contributed by atoms with Gasteiger partial charge in [-0.25, -0.2) is 0 Å². The molecule has 2 unspecified atom stereocenters. The molecule has 1 aromatic carbocycles. The van der Waals surface area contributed by atoms with Crippen molar-refractivity contribution in [3.63, 3.8) is 0 Å². The number of rotatable bonds is 2. The van der Waals surface area contributed by atoms with E-state index < -0.39 is 0 Å². The quantitative estimate of drug-likeness (QED) is 0.722. The summed E-state index contributed by atoms with van der Waals surface area (Å²) in [4.78, 5) is 5.23. The second kappa shape index (κ2) is 6.85. The smallest absolute Gasteiger partial charge is 0.172 e. The van der Waals surface area contributed by atoms with Crippen LogP contribution in [0, 0.1) is 0 Å². The summed E-state index contributed by atoms with van der Waals surface area (Å²) < 4.78 is 0. The molecule has 0 spiro atoms. The zero-order valence-electron chi connectivity index (χ0n) is 16.6. The van der Waals surface area contributed by atoms with Gasteiger partial charge in [0.2, 0.25) is 0 Å². The Labute approximate surface area is 171 Å². The molecule has 0 radical (unpaired) electrons. The number of hydrogen-bond acceptors (Lipinski definition) is 7. The van der Waals surface area contributed by atoms with Gasteiger partial charge in [0.25, 0.3) is 0 Å². The first-order chi connectivity index (χ1) is 14.2. The number of piperidine rings is 1. The molecule has 152 valence electrons. The van der Waals surface area contributed by atoms with Gasteiger partial charge in [-0.05, 0) is 43.9 Å². The number of benzene rings is 1. The van der Waals surface area contributed by atoms with Crippen molar-refractivity contribution in [3.05, 3.63) is 30.3 Å². The van der Waals surface area contributed by atoms with Crippen LogP contribution in [0.4, 0.5) is 11.5 Å². The van der Waals surface area contributed by atoms with Gasteiger partial charge in [0, 0.05) is 49.9 Å². The molecule has 6 rings (SSSR count). The standard InChI is InChI=1S/C22H28N6O/c29-21-4-2-1-3-18(21)19-11-20-22(26-25-19)23-12-17-13-27(7-8-28(17)20)16-9-14-5-6-15(10-16)24-14/h1-4,11,14-17,24,29H,5-10,12-13H2,(H,23,26)/t14?,15?,16?,17-/m0/s1. The maximum Gasteiger partial charge on any atom is 0.172 e. The largest absolute Gasteiger partial charge is 0.507 e. The second-order valence-electron chi connectivity index (χ2n) is 8.97. The third-order valence-corrected chi connectivity index (χ3v) is 7.25. The van der Waals surface area contributed by atoms with Gasteiger partial charge in [-0.1, -0.05) is 12.1 Å². The Balaban J connectivity index is 1.24. The molecular weight excluding hydrogens is 364 g/mol. The maximum absolute atomic E-state index is 10.2. The minimum absolute atomic E-state index is 0.243. The van der Waals surface area contributed by atoms with Crippen molar-refractivity contribution in [2.24, 2.45) is 0 Å². The number of aromatic hydroxyl groups is 1. The van der Waals surface area contributed by atoms with E-state index in [1.807, 2.05) is 18.2 Å². The molecule has 0 amide bonds. The summed E-state index contributed by atoms with van der Waals surface area (Å²) in [5.74, 6) is 1.10. The zero-order valence-corrected chi connectivity index (χ0v) is 16.6. The number of anilines is 2. The van der Waals surface area contributed by atoms with Gasteiger partial charge in [0.15, 0.2) is 5.82 Å². The molecule has 0 aliphatic carbocycles. The van der Waals surface area contributed by atoms with E-state index in [9.17, 15) is 5.11 Å². The van der Waals surface area contributed by atoms with Crippen molar-refractivity contribution in [1.82, 2.24) is 20.4 Å². The number of hydrogen-bond donors (Lipinski definition) is 3. The predicted molar refractivity (Wildman–Crippen MR) is 113 cm³/mol. The van der Waals surface area contributed by atoms with E-state index >= 15 is 0 Å². The minimum atomic E-state index is 0.243. The molecule has 3 atom stereocenters. The van der Waals surface area contributed by atoms with Crippen LogP contribution in [-0.4, -0.2) is 70.6 Å². The number of nitrogens with zero attached hydrogens (tertiary/aromatic N) is 4. The van der Waals surface area contributed by atoms with E-state index in [0.717, 1.165) is 67.1 Å². The van der Waals surface area contributed by atoms with E-state index in [1.165, 1.54) is 25.7 Å². The van der Waals surface area contributed by atoms with Crippen molar-refractivity contribution >= 4 is 11.5 Å². The van der Waals surface area contributed by atoms with Crippen LogP contribution in [-0.2, 0) is 0 Å². The number of para-hydroxylation sites is 1. The van der Waals surface area contributed by atoms with Crippen molar-refractivity contribution in [2.45, 2.75) is 49.9 Å². The number of nitrogens with one attached hydrogen (secondary N) is 2. The topological polar surface area (TPSA) is 76.5 Å². The normalized spacial score (nSPS) is 31.1. The number of phenolic OH excluding ortho intramolecular Hbond substituents is 1. The fraction of sp³-hybridized carbons (Fsp3) is 0.545. The van der Waals surface area contributed by atoms with Crippen molar-refractivity contribution < 1.29 is 5.11 Å². The summed E-state index contributed by atoms with van der Waals surface area (Å²) in [6.07, 6.45) is 5.31. The molecule has 0 saturated carbocycles. The third-order valence-electron chi connectivity index (χ3n) is 7.25. The third kappa shape index (κ3) is 3.04. The van der Waals surface area contributed by atoms with Crippen LogP contribution in [0.15, 0.2) is 30.3 Å². The molecule has 3 saturated heterocycles. The zero-order chi connectivity index (χ0) is 19.4. The van der Waals surface area contributed by atoms with Crippen LogP contribution in [0.25, 0.3) is 11.3 Å². The Kier molecular flexibility index (Phi) is 4.13. The van der Waals surface area contributed by atoms with Crippen LogP contribution in [0.2, 0.25) is 0 Å². The molecule has 2 bridgehead atoms. The van der Waals surface area contributed by atoms with Gasteiger partial charge in [-0.3, -0.25) is 4.90 Å². The van der Waals surface area contributed by atoms with E-state index in [0.29, 0.717) is 6.04 Å². The first kappa shape index (κ1) is 17.5. The second-order valence-corrected chi connectivity index (χ2v) is 8.97. The lowest BCUT2D eigenvalue weighted by Crippen LogP contribution is -2.61. The van der Waals surface area contributed by atoms with Gasteiger partial charge in [0.1, 0.15) is 5.75 Å². The molecule has 29 heavy (non-hydrogen) atoms. The van der Waals surface area contributed by atoms with E-state index in [1.54, 1.807) is 6.07 Å². The van der Waals surface area contributed by atoms with Crippen molar-refractivity contribution in [1.29, 1.82) is 0 Å². The number of fused-ring (bicyclic) bond motifs is 5. The van der Waals surface area contributed by atoms with Gasteiger partial charge in [-0.2, -0.15) is 0 Å². The van der Waals surface area contributed by atoms with E-state index in [-0.39, 0.29) is 5.75 Å². The summed E-state index contributed by atoms with van der Waals surface area (Å²) in [6, 6.07) is 12.1. The first-order valence-electron chi connectivity index (χ1n) is 10.9. The Bertz CT molecular complexity index is 908. The molecule has 3 fully saturated rings. The van der Waals surface area contributed by atoms with Gasteiger partial charge < -0.3 is 20.6 Å². The molecule has 7 heteroatoms. The summed E-state index contributed by atoms with van der Waals surface area (Å²) in [6.45, 7) is 4.13. The highest BCUT2D eigenvalue weighted by atomic mass is 16.3. The van der Waals surface area contributed by atoms with Crippen LogP contribution in [0.5, 0.6) is 5.75 Å². The van der Waals surface area contributed by atoms with Crippen LogP contribution in [0.3, 0.4) is 0 Å². The molecule has 7 nitrogen and oxygen atoms in total. The van der Waals surface area contributed by atoms with Gasteiger partial charge in [-0.15, -0.1) is 10.2 Å². The minimum Gasteiger partial charge on any atom is -0.507 e. The Morgan fingerprint density at radius 2 is 1.83 bits per heavy atom. The SMILES string of the molecule is Oc1ccccc1-c1cc2c(nn1)NC[C@H]1CN(C3CC4CCC(C3)N4)CCN21. The first-order valence-corrected chi connectivity index (χ1v) is 10.9. The van der Waals surface area contributed by atoms with Crippen LogP contribution < -0.4 is 15.5 Å². The monoisotopic (exact) mass is 392 g/mol. The van der Waals surface area contributed by atoms with Crippen LogP contribution >= 0.6 is 0 Å². The Morgan fingerprint density at radius 3 is 2.66 bits per heavy atom. The Hall–Kier alpha value is -2.38. The molecule has 4 aliphatic heterocycles. The number of aromatic nitrogens is 2. The van der Waals surface area contributed by atoms with E-state index in [2.05, 4.69) is 36.7 Å². The van der Waals surface area contributed by atoms with Gasteiger partial charge in [0.05, 0.1) is 17.4 Å². The summed E-state index contributed by atoms with van der Waals surface area (Å²) in [5.41, 5.74) is 2.56. The lowest BCUT2D eigenvalue weighted by Gasteiger charge is -2.49. The average Bonchev–Trinajstić information content (AvgIpc) is 3.10. The molecule has 1 aromatic heterocycles. The number of phenols is 1. The lowest BCUT2D eigenvalue weighted by atomic mass is 9.96. The molecule has 5 heterocycles. The fourth-order valence-electron chi connectivity index (χ4n) is 5.79. The summed E-state index contributed by atoms with van der Waals surface area (Å²) >= 11 is 0. The highest BCUT2D eigenvalue weighted by molar-refractivity contribution is 5.76. The maximum atomic E-state index is 10.2. The average molecular weight is 393 g/mol.